The fourth-order valence-electron chi connectivity index (χ4n) is 4.93. The lowest BCUT2D eigenvalue weighted by atomic mass is 9.51. The molecule has 0 aromatic carbocycles. The SMILES string of the molecule is CC1NNC(=O)C2C3CCCC(C)(C)CCCC3[C@H]12. The molecule has 3 rings (SSSR count). The van der Waals surface area contributed by atoms with Crippen LogP contribution in [0.5, 0.6) is 0 Å². The zero-order valence-electron chi connectivity index (χ0n) is 12.5. The van der Waals surface area contributed by atoms with Gasteiger partial charge in [-0.05, 0) is 55.8 Å². The molecule has 3 aliphatic rings. The Bertz CT molecular complexity index is 366. The molecule has 3 heteroatoms. The number of nitrogens with one attached hydrogen (secondary N) is 2. The average Bonchev–Trinajstić information content (AvgIpc) is 2.38. The van der Waals surface area contributed by atoms with Gasteiger partial charge in [-0.25, -0.2) is 5.43 Å². The molecular weight excluding hydrogens is 236 g/mol. The van der Waals surface area contributed by atoms with Crippen molar-refractivity contribution in [1.29, 1.82) is 0 Å². The maximum absolute atomic E-state index is 12.1. The number of carbonyl (C=O) groups excluding carboxylic acids is 1. The summed E-state index contributed by atoms with van der Waals surface area (Å²) < 4.78 is 0. The molecule has 0 bridgehead atoms. The average molecular weight is 264 g/mol. The maximum Gasteiger partial charge on any atom is 0.237 e. The van der Waals surface area contributed by atoms with Crippen LogP contribution < -0.4 is 10.9 Å². The van der Waals surface area contributed by atoms with Gasteiger partial charge in [-0.3, -0.25) is 10.2 Å². The van der Waals surface area contributed by atoms with Gasteiger partial charge in [-0.1, -0.05) is 26.7 Å². The zero-order valence-corrected chi connectivity index (χ0v) is 12.5. The first kappa shape index (κ1) is 13.4. The molecule has 1 amide bonds. The van der Waals surface area contributed by atoms with Gasteiger partial charge in [0.15, 0.2) is 0 Å². The second-order valence-electron chi connectivity index (χ2n) is 7.80. The topological polar surface area (TPSA) is 41.1 Å². The Morgan fingerprint density at radius 1 is 1.11 bits per heavy atom. The van der Waals surface area contributed by atoms with Gasteiger partial charge in [0.05, 0.1) is 0 Å². The summed E-state index contributed by atoms with van der Waals surface area (Å²) >= 11 is 0. The van der Waals surface area contributed by atoms with E-state index in [0.717, 1.165) is 5.92 Å². The number of fused-ring (bicyclic) bond motifs is 4. The van der Waals surface area contributed by atoms with E-state index in [2.05, 4.69) is 31.6 Å². The van der Waals surface area contributed by atoms with Crippen LogP contribution in [0.15, 0.2) is 0 Å². The predicted molar refractivity (Wildman–Crippen MR) is 76.2 cm³/mol. The smallest absolute Gasteiger partial charge is 0.237 e. The maximum atomic E-state index is 12.1. The largest absolute Gasteiger partial charge is 0.291 e. The summed E-state index contributed by atoms with van der Waals surface area (Å²) in [6, 6.07) is 0.442. The first-order chi connectivity index (χ1) is 8.99. The standard InChI is InChI=1S/C16H28N2O/c1-10-13-11-6-4-8-16(2,3)9-5-7-12(11)14(13)15(19)18-17-10/h10-14,17H,4-9H2,1-3H3,(H,18,19)/t10?,11?,12?,13-,14?/m0/s1. The van der Waals surface area contributed by atoms with E-state index in [4.69, 9.17) is 0 Å². The van der Waals surface area contributed by atoms with Crippen LogP contribution in [0.3, 0.4) is 0 Å². The van der Waals surface area contributed by atoms with Crippen molar-refractivity contribution in [2.24, 2.45) is 29.1 Å². The lowest BCUT2D eigenvalue weighted by molar-refractivity contribution is -0.154. The van der Waals surface area contributed by atoms with Crippen LogP contribution in [0.1, 0.15) is 59.3 Å². The molecule has 0 aromatic heterocycles. The van der Waals surface area contributed by atoms with E-state index >= 15 is 0 Å². The summed E-state index contributed by atoms with van der Waals surface area (Å²) in [5.74, 6) is 2.57. The van der Waals surface area contributed by atoms with Crippen molar-refractivity contribution >= 4 is 5.91 Å². The molecular formula is C16H28N2O. The zero-order chi connectivity index (χ0) is 13.6. The van der Waals surface area contributed by atoms with E-state index in [1.54, 1.807) is 0 Å². The van der Waals surface area contributed by atoms with Crippen LogP contribution in [0.4, 0.5) is 0 Å². The Kier molecular flexibility index (Phi) is 3.36. The summed E-state index contributed by atoms with van der Waals surface area (Å²) in [6.45, 7) is 7.04. The van der Waals surface area contributed by atoms with Crippen LogP contribution >= 0.6 is 0 Å². The fourth-order valence-corrected chi connectivity index (χ4v) is 4.93. The Labute approximate surface area is 116 Å². The van der Waals surface area contributed by atoms with E-state index in [9.17, 15) is 4.79 Å². The number of carbonyl (C=O) groups is 1. The molecule has 2 aliphatic carbocycles. The van der Waals surface area contributed by atoms with E-state index in [0.29, 0.717) is 29.2 Å². The van der Waals surface area contributed by atoms with E-state index in [-0.39, 0.29) is 5.91 Å². The van der Waals surface area contributed by atoms with Gasteiger partial charge in [0, 0.05) is 12.0 Å². The van der Waals surface area contributed by atoms with Crippen LogP contribution in [0, 0.1) is 29.1 Å². The second kappa shape index (κ2) is 4.76. The first-order valence-electron chi connectivity index (χ1n) is 8.05. The molecule has 1 aliphatic heterocycles. The van der Waals surface area contributed by atoms with Crippen molar-refractivity contribution in [3.8, 4) is 0 Å². The van der Waals surface area contributed by atoms with Crippen molar-refractivity contribution in [3.63, 3.8) is 0 Å². The van der Waals surface area contributed by atoms with Gasteiger partial charge in [0.25, 0.3) is 0 Å². The van der Waals surface area contributed by atoms with Gasteiger partial charge in [0.2, 0.25) is 5.91 Å². The lowest BCUT2D eigenvalue weighted by Gasteiger charge is -2.56. The third-order valence-corrected chi connectivity index (χ3v) is 6.01. The predicted octanol–water partition coefficient (Wildman–Crippen LogP) is 2.87. The summed E-state index contributed by atoms with van der Waals surface area (Å²) in [5.41, 5.74) is 6.54. The third kappa shape index (κ3) is 2.31. The molecule has 5 atom stereocenters. The summed E-state index contributed by atoms with van der Waals surface area (Å²) in [5, 5.41) is 0. The molecule has 1 heterocycles. The Morgan fingerprint density at radius 2 is 1.74 bits per heavy atom. The minimum Gasteiger partial charge on any atom is -0.291 e. The van der Waals surface area contributed by atoms with Crippen LogP contribution in [0.2, 0.25) is 0 Å². The minimum absolute atomic E-state index is 0.253. The molecule has 0 spiro atoms. The van der Waals surface area contributed by atoms with Gasteiger partial charge in [0.1, 0.15) is 0 Å². The molecule has 2 N–H and O–H groups in total. The van der Waals surface area contributed by atoms with Crippen LogP contribution in [0.25, 0.3) is 0 Å². The highest BCUT2D eigenvalue weighted by Gasteiger charge is 2.56. The number of hydrogen-bond donors (Lipinski definition) is 2. The van der Waals surface area contributed by atoms with Crippen molar-refractivity contribution in [2.75, 3.05) is 0 Å². The van der Waals surface area contributed by atoms with Crippen molar-refractivity contribution in [3.05, 3.63) is 0 Å². The van der Waals surface area contributed by atoms with Crippen molar-refractivity contribution in [1.82, 2.24) is 10.9 Å². The van der Waals surface area contributed by atoms with Crippen molar-refractivity contribution < 1.29 is 4.79 Å². The third-order valence-electron chi connectivity index (χ3n) is 6.01. The molecule has 19 heavy (non-hydrogen) atoms. The van der Waals surface area contributed by atoms with Crippen molar-refractivity contribution in [2.45, 2.75) is 65.3 Å². The van der Waals surface area contributed by atoms with Crippen LogP contribution in [-0.4, -0.2) is 11.9 Å². The van der Waals surface area contributed by atoms with Gasteiger partial charge >= 0.3 is 0 Å². The Balaban J connectivity index is 1.74. The molecule has 3 fully saturated rings. The van der Waals surface area contributed by atoms with E-state index < -0.39 is 0 Å². The Morgan fingerprint density at radius 3 is 2.42 bits per heavy atom. The molecule has 0 radical (unpaired) electrons. The highest BCUT2D eigenvalue weighted by Crippen LogP contribution is 2.54. The van der Waals surface area contributed by atoms with E-state index in [1.807, 2.05) is 0 Å². The van der Waals surface area contributed by atoms with Gasteiger partial charge in [-0.15, -0.1) is 0 Å². The molecule has 2 saturated carbocycles. The monoisotopic (exact) mass is 264 g/mol. The quantitative estimate of drug-likeness (QED) is 0.706. The van der Waals surface area contributed by atoms with Crippen LogP contribution in [-0.2, 0) is 4.79 Å². The highest BCUT2D eigenvalue weighted by atomic mass is 16.2. The molecule has 108 valence electrons. The number of amides is 1. The lowest BCUT2D eigenvalue weighted by Crippen LogP contribution is -2.68. The summed E-state index contributed by atoms with van der Waals surface area (Å²) in [6.07, 6.45) is 7.90. The minimum atomic E-state index is 0.253. The van der Waals surface area contributed by atoms with Gasteiger partial charge < -0.3 is 0 Å². The normalized spacial score (nSPS) is 45.6. The van der Waals surface area contributed by atoms with Gasteiger partial charge in [-0.2, -0.15) is 0 Å². The molecule has 3 nitrogen and oxygen atoms in total. The molecule has 4 unspecified atom stereocenters. The highest BCUT2D eigenvalue weighted by molar-refractivity contribution is 5.81. The fraction of sp³-hybridized carbons (Fsp3) is 0.938. The second-order valence-corrected chi connectivity index (χ2v) is 7.80. The number of hydrogen-bond acceptors (Lipinski definition) is 2. The summed E-state index contributed by atoms with van der Waals surface area (Å²) in [7, 11) is 0. The number of rotatable bonds is 0. The van der Waals surface area contributed by atoms with E-state index in [1.165, 1.54) is 38.5 Å². The first-order valence-corrected chi connectivity index (χ1v) is 8.05. The molecule has 0 aromatic rings. The Hall–Kier alpha value is -0.570. The summed E-state index contributed by atoms with van der Waals surface area (Å²) in [4.78, 5) is 12.1. The molecule has 1 saturated heterocycles. The number of hydrazine groups is 1.